The summed E-state index contributed by atoms with van der Waals surface area (Å²) in [6.45, 7) is -0.0673. The fourth-order valence-electron chi connectivity index (χ4n) is 1.63. The summed E-state index contributed by atoms with van der Waals surface area (Å²) >= 11 is 3.32. The molecule has 0 spiro atoms. The summed E-state index contributed by atoms with van der Waals surface area (Å²) < 4.78 is 6.29. The van der Waals surface area contributed by atoms with Crippen LogP contribution in [0.5, 0.6) is 5.75 Å². The third-order valence-electron chi connectivity index (χ3n) is 2.60. The van der Waals surface area contributed by atoms with E-state index in [0.29, 0.717) is 11.3 Å². The van der Waals surface area contributed by atoms with E-state index in [1.165, 1.54) is 0 Å². The monoisotopic (exact) mass is 320 g/mol. The van der Waals surface area contributed by atoms with E-state index in [2.05, 4.69) is 15.9 Å². The average molecular weight is 321 g/mol. The van der Waals surface area contributed by atoms with Crippen LogP contribution in [-0.2, 0) is 6.61 Å². The van der Waals surface area contributed by atoms with Crippen LogP contribution in [0, 0.1) is 0 Å². The Balaban J connectivity index is 2.00. The molecule has 98 valence electrons. The number of Topliss-reactive ketones (excluding diaryl/α,β-unsaturated/α-hetero) is 1. The maximum Gasteiger partial charge on any atom is 0.200 e. The average Bonchev–Trinajstić information content (AvgIpc) is 2.45. The molecule has 2 rings (SSSR count). The molecule has 0 unspecified atom stereocenters. The molecule has 0 aromatic heterocycles. The molecule has 3 nitrogen and oxygen atoms in total. The van der Waals surface area contributed by atoms with Gasteiger partial charge in [0.05, 0.1) is 6.61 Å². The summed E-state index contributed by atoms with van der Waals surface area (Å²) in [6, 6.07) is 14.2. The Morgan fingerprint density at radius 2 is 1.95 bits per heavy atom. The van der Waals surface area contributed by atoms with Gasteiger partial charge in [-0.05, 0) is 29.8 Å². The highest BCUT2D eigenvalue weighted by atomic mass is 79.9. The molecule has 0 radical (unpaired) electrons. The minimum atomic E-state index is -0.0873. The van der Waals surface area contributed by atoms with Crippen molar-refractivity contribution in [3.63, 3.8) is 0 Å². The highest BCUT2D eigenvalue weighted by molar-refractivity contribution is 9.10. The van der Waals surface area contributed by atoms with Gasteiger partial charge in [-0.25, -0.2) is 0 Å². The summed E-state index contributed by atoms with van der Waals surface area (Å²) in [5.41, 5.74) is 1.36. The van der Waals surface area contributed by atoms with E-state index in [1.807, 2.05) is 12.1 Å². The molecule has 0 saturated carbocycles. The number of ether oxygens (including phenoxy) is 1. The SMILES string of the molecule is O=C(COc1cccc(CO)c1)c1cccc(Br)c1. The summed E-state index contributed by atoms with van der Waals surface area (Å²) in [5, 5.41) is 9.02. The first-order valence-corrected chi connectivity index (χ1v) is 6.59. The molecule has 0 fully saturated rings. The number of ketones is 1. The van der Waals surface area contributed by atoms with Crippen molar-refractivity contribution in [3.05, 3.63) is 64.1 Å². The molecule has 2 aromatic carbocycles. The molecule has 19 heavy (non-hydrogen) atoms. The van der Waals surface area contributed by atoms with Crippen LogP contribution < -0.4 is 4.74 Å². The Hall–Kier alpha value is -1.65. The van der Waals surface area contributed by atoms with Crippen molar-refractivity contribution in [3.8, 4) is 5.75 Å². The smallest absolute Gasteiger partial charge is 0.200 e. The van der Waals surface area contributed by atoms with E-state index in [4.69, 9.17) is 9.84 Å². The molecule has 0 bridgehead atoms. The van der Waals surface area contributed by atoms with Crippen LogP contribution in [0.1, 0.15) is 15.9 Å². The van der Waals surface area contributed by atoms with Crippen molar-refractivity contribution in [2.75, 3.05) is 6.61 Å². The van der Waals surface area contributed by atoms with Crippen LogP contribution in [-0.4, -0.2) is 17.5 Å². The highest BCUT2D eigenvalue weighted by Gasteiger charge is 2.07. The van der Waals surface area contributed by atoms with Crippen LogP contribution in [0.15, 0.2) is 53.0 Å². The number of aliphatic hydroxyl groups excluding tert-OH is 1. The van der Waals surface area contributed by atoms with Gasteiger partial charge in [0.25, 0.3) is 0 Å². The number of carbonyl (C=O) groups excluding carboxylic acids is 1. The van der Waals surface area contributed by atoms with Gasteiger partial charge in [0, 0.05) is 10.0 Å². The van der Waals surface area contributed by atoms with Gasteiger partial charge in [0.15, 0.2) is 12.4 Å². The molecule has 0 heterocycles. The maximum atomic E-state index is 11.9. The van der Waals surface area contributed by atoms with Gasteiger partial charge in [0.1, 0.15) is 5.75 Å². The fourth-order valence-corrected chi connectivity index (χ4v) is 2.03. The van der Waals surface area contributed by atoms with Gasteiger partial charge in [-0.1, -0.05) is 40.2 Å². The molecule has 1 N–H and O–H groups in total. The number of hydrogen-bond acceptors (Lipinski definition) is 3. The first kappa shape index (κ1) is 13.8. The number of rotatable bonds is 5. The molecule has 2 aromatic rings. The fraction of sp³-hybridized carbons (Fsp3) is 0.133. The predicted molar refractivity (Wildman–Crippen MR) is 76.3 cm³/mol. The Bertz CT molecular complexity index is 581. The van der Waals surface area contributed by atoms with Crippen molar-refractivity contribution in [1.82, 2.24) is 0 Å². The second-order valence-corrected chi connectivity index (χ2v) is 4.94. The summed E-state index contributed by atoms with van der Waals surface area (Å²) in [4.78, 5) is 11.9. The van der Waals surface area contributed by atoms with Crippen LogP contribution in [0.25, 0.3) is 0 Å². The molecule has 4 heteroatoms. The molecule has 0 amide bonds. The first-order valence-electron chi connectivity index (χ1n) is 5.80. The van der Waals surface area contributed by atoms with E-state index in [9.17, 15) is 4.79 Å². The van der Waals surface area contributed by atoms with Gasteiger partial charge in [0.2, 0.25) is 0 Å². The zero-order valence-corrected chi connectivity index (χ0v) is 11.8. The third-order valence-corrected chi connectivity index (χ3v) is 3.09. The number of hydrogen-bond donors (Lipinski definition) is 1. The van der Waals surface area contributed by atoms with Crippen LogP contribution in [0.2, 0.25) is 0 Å². The second-order valence-electron chi connectivity index (χ2n) is 4.03. The molecule has 0 saturated heterocycles. The van der Waals surface area contributed by atoms with Crippen LogP contribution >= 0.6 is 15.9 Å². The lowest BCUT2D eigenvalue weighted by Crippen LogP contribution is -2.11. The van der Waals surface area contributed by atoms with E-state index in [0.717, 1.165) is 10.0 Å². The minimum Gasteiger partial charge on any atom is -0.485 e. The maximum absolute atomic E-state index is 11.9. The lowest BCUT2D eigenvalue weighted by molar-refractivity contribution is 0.0921. The summed E-state index contributed by atoms with van der Waals surface area (Å²) in [7, 11) is 0. The molecule has 0 atom stereocenters. The quantitative estimate of drug-likeness (QED) is 0.860. The topological polar surface area (TPSA) is 46.5 Å². The Labute approximate surface area is 120 Å². The number of benzene rings is 2. The van der Waals surface area contributed by atoms with Crippen LogP contribution in [0.4, 0.5) is 0 Å². The second kappa shape index (κ2) is 6.50. The van der Waals surface area contributed by atoms with Crippen LogP contribution in [0.3, 0.4) is 0 Å². The Morgan fingerprint density at radius 1 is 1.16 bits per heavy atom. The molecule has 0 aliphatic rings. The molecule has 0 aliphatic carbocycles. The van der Waals surface area contributed by atoms with Crippen molar-refractivity contribution in [2.24, 2.45) is 0 Å². The normalized spacial score (nSPS) is 10.2. The number of halogens is 1. The third kappa shape index (κ3) is 3.91. The molecule has 0 aliphatic heterocycles. The molecular weight excluding hydrogens is 308 g/mol. The largest absolute Gasteiger partial charge is 0.485 e. The van der Waals surface area contributed by atoms with Gasteiger partial charge in [-0.15, -0.1) is 0 Å². The lowest BCUT2D eigenvalue weighted by Gasteiger charge is -2.07. The lowest BCUT2D eigenvalue weighted by atomic mass is 10.1. The van der Waals surface area contributed by atoms with Crippen molar-refractivity contribution in [2.45, 2.75) is 6.61 Å². The first-order chi connectivity index (χ1) is 9.19. The number of aliphatic hydroxyl groups is 1. The van der Waals surface area contributed by atoms with E-state index in [-0.39, 0.29) is 19.0 Å². The minimum absolute atomic E-state index is 0.0225. The van der Waals surface area contributed by atoms with Crippen molar-refractivity contribution in [1.29, 1.82) is 0 Å². The zero-order valence-electron chi connectivity index (χ0n) is 10.2. The van der Waals surface area contributed by atoms with Gasteiger partial charge >= 0.3 is 0 Å². The predicted octanol–water partition coefficient (Wildman–Crippen LogP) is 3.20. The number of carbonyl (C=O) groups is 1. The summed E-state index contributed by atoms with van der Waals surface area (Å²) in [6.07, 6.45) is 0. The van der Waals surface area contributed by atoms with E-state index >= 15 is 0 Å². The Morgan fingerprint density at radius 3 is 2.68 bits per heavy atom. The van der Waals surface area contributed by atoms with Gasteiger partial charge in [-0.3, -0.25) is 4.79 Å². The van der Waals surface area contributed by atoms with Gasteiger partial charge < -0.3 is 9.84 Å². The van der Waals surface area contributed by atoms with Gasteiger partial charge in [-0.2, -0.15) is 0 Å². The standard InChI is InChI=1S/C15H13BrO3/c16-13-5-2-4-12(8-13)15(18)10-19-14-6-1-3-11(7-14)9-17/h1-8,17H,9-10H2. The summed E-state index contributed by atoms with van der Waals surface area (Å²) in [5.74, 6) is 0.491. The van der Waals surface area contributed by atoms with Crippen molar-refractivity contribution >= 4 is 21.7 Å². The zero-order chi connectivity index (χ0) is 13.7. The van der Waals surface area contributed by atoms with E-state index < -0.39 is 0 Å². The Kier molecular flexibility index (Phi) is 4.71. The highest BCUT2D eigenvalue weighted by Crippen LogP contribution is 2.15. The molecular formula is C15H13BrO3. The van der Waals surface area contributed by atoms with Crippen molar-refractivity contribution < 1.29 is 14.6 Å². The van der Waals surface area contributed by atoms with E-state index in [1.54, 1.807) is 36.4 Å².